The van der Waals surface area contributed by atoms with Crippen molar-refractivity contribution >= 4 is 40.2 Å². The van der Waals surface area contributed by atoms with Crippen LogP contribution in [0.4, 0.5) is 5.69 Å². The first-order valence-corrected chi connectivity index (χ1v) is 13.1. The van der Waals surface area contributed by atoms with E-state index in [1.54, 1.807) is 30.8 Å². The minimum absolute atomic E-state index is 0.00766. The van der Waals surface area contributed by atoms with Crippen LogP contribution in [-0.2, 0) is 33.9 Å². The highest BCUT2D eigenvalue weighted by atomic mass is 32.2. The number of aliphatic carboxylic acids is 1. The quantitative estimate of drug-likeness (QED) is 0.264. The van der Waals surface area contributed by atoms with Crippen molar-refractivity contribution in [2.45, 2.75) is 30.4 Å². The van der Waals surface area contributed by atoms with Crippen molar-refractivity contribution in [1.82, 2.24) is 4.98 Å². The van der Waals surface area contributed by atoms with Gasteiger partial charge in [-0.25, -0.2) is 0 Å². The lowest BCUT2D eigenvalue weighted by Crippen LogP contribution is -2.43. The molecule has 0 unspecified atom stereocenters. The van der Waals surface area contributed by atoms with Gasteiger partial charge in [-0.15, -0.1) is 0 Å². The molecule has 0 saturated carbocycles. The zero-order chi connectivity index (χ0) is 26.4. The van der Waals surface area contributed by atoms with Gasteiger partial charge < -0.3 is 25.5 Å². The zero-order valence-electron chi connectivity index (χ0n) is 20.9. The molecule has 1 amide bonds. The number of hydrogen-bond donors (Lipinski definition) is 3. The molecule has 0 spiro atoms. The molecule has 4 rings (SSSR count). The molecule has 0 fully saturated rings. The number of thioether (sulfide) groups is 1. The first-order chi connectivity index (χ1) is 17.9. The molecule has 192 valence electrons. The minimum atomic E-state index is -0.841. The predicted molar refractivity (Wildman–Crippen MR) is 149 cm³/mol. The molecule has 0 aliphatic carbocycles. The van der Waals surface area contributed by atoms with Gasteiger partial charge in [-0.1, -0.05) is 42.5 Å². The average Bonchev–Trinajstić information content (AvgIpc) is 3.24. The summed E-state index contributed by atoms with van der Waals surface area (Å²) in [5.41, 5.74) is 11.9. The zero-order valence-corrected chi connectivity index (χ0v) is 21.8. The Balaban J connectivity index is 1.37. The van der Waals surface area contributed by atoms with Crippen LogP contribution in [-0.4, -0.2) is 42.2 Å². The smallest absolute Gasteiger partial charge is 0.307 e. The third-order valence-corrected chi connectivity index (χ3v) is 7.33. The summed E-state index contributed by atoms with van der Waals surface area (Å²) in [6.07, 6.45) is 0.425. The fourth-order valence-electron chi connectivity index (χ4n) is 4.37. The van der Waals surface area contributed by atoms with E-state index in [0.717, 1.165) is 50.5 Å². The third kappa shape index (κ3) is 6.53. The lowest BCUT2D eigenvalue weighted by Gasteiger charge is -2.22. The fraction of sp³-hybridized carbons (Fsp3) is 0.241. The van der Waals surface area contributed by atoms with E-state index in [0.29, 0.717) is 12.2 Å². The van der Waals surface area contributed by atoms with E-state index in [1.165, 1.54) is 0 Å². The number of aromatic amines is 1. The Morgan fingerprint density at radius 1 is 1.03 bits per heavy atom. The molecule has 0 radical (unpaired) electrons. The second kappa shape index (κ2) is 12.0. The SMILES string of the molecule is COc1ccc(N(C)C(=O)[C@@H](N)Cc2cccc(CSCc3[nH]c4ccccc4c3CC(=O)O)c2)cc1. The largest absolute Gasteiger partial charge is 0.497 e. The number of para-hydroxylation sites is 1. The van der Waals surface area contributed by atoms with E-state index in [1.807, 2.05) is 60.7 Å². The summed E-state index contributed by atoms with van der Waals surface area (Å²) in [5, 5.41) is 10.3. The normalized spacial score (nSPS) is 11.9. The van der Waals surface area contributed by atoms with E-state index in [2.05, 4.69) is 17.1 Å². The fourth-order valence-corrected chi connectivity index (χ4v) is 5.34. The molecule has 0 bridgehead atoms. The average molecular weight is 518 g/mol. The Morgan fingerprint density at radius 2 is 1.76 bits per heavy atom. The maximum absolute atomic E-state index is 12.9. The number of nitrogens with two attached hydrogens (primary N) is 1. The number of anilines is 1. The second-order valence-electron chi connectivity index (χ2n) is 8.92. The van der Waals surface area contributed by atoms with Crippen molar-refractivity contribution in [2.75, 3.05) is 19.1 Å². The monoisotopic (exact) mass is 517 g/mol. The van der Waals surface area contributed by atoms with Crippen LogP contribution in [0.3, 0.4) is 0 Å². The number of carbonyl (C=O) groups excluding carboxylic acids is 1. The predicted octanol–water partition coefficient (Wildman–Crippen LogP) is 4.77. The summed E-state index contributed by atoms with van der Waals surface area (Å²) in [6, 6.07) is 22.5. The van der Waals surface area contributed by atoms with Crippen LogP contribution in [0, 0.1) is 0 Å². The number of ether oxygens (including phenoxy) is 1. The first kappa shape index (κ1) is 26.3. The van der Waals surface area contributed by atoms with Crippen LogP contribution in [0.15, 0.2) is 72.8 Å². The molecule has 4 N–H and O–H groups in total. The van der Waals surface area contributed by atoms with Crippen LogP contribution in [0.2, 0.25) is 0 Å². The lowest BCUT2D eigenvalue weighted by atomic mass is 10.0. The topological polar surface area (TPSA) is 109 Å². The van der Waals surface area contributed by atoms with Crippen LogP contribution in [0.1, 0.15) is 22.4 Å². The second-order valence-corrected chi connectivity index (χ2v) is 9.90. The lowest BCUT2D eigenvalue weighted by molar-refractivity contribution is -0.136. The van der Waals surface area contributed by atoms with Gasteiger partial charge >= 0.3 is 5.97 Å². The molecule has 0 aliphatic heterocycles. The van der Waals surface area contributed by atoms with Gasteiger partial charge in [0.2, 0.25) is 5.91 Å². The van der Waals surface area contributed by atoms with Crippen molar-refractivity contribution < 1.29 is 19.4 Å². The number of hydrogen-bond acceptors (Lipinski definition) is 5. The van der Waals surface area contributed by atoms with Crippen molar-refractivity contribution in [3.63, 3.8) is 0 Å². The molecule has 0 saturated heterocycles. The molecule has 1 heterocycles. The molecule has 7 nitrogen and oxygen atoms in total. The van der Waals surface area contributed by atoms with Gasteiger partial charge in [-0.2, -0.15) is 11.8 Å². The van der Waals surface area contributed by atoms with Gasteiger partial charge in [0.15, 0.2) is 0 Å². The van der Waals surface area contributed by atoms with Gasteiger partial charge in [-0.05, 0) is 53.4 Å². The number of nitrogens with one attached hydrogen (secondary N) is 1. The summed E-state index contributed by atoms with van der Waals surface area (Å²) in [4.78, 5) is 29.3. The molecule has 0 aliphatic rings. The molecule has 4 aromatic rings. The standard InChI is InChI=1S/C29H31N3O4S/c1-32(21-10-12-22(36-2)13-11-21)29(35)25(30)15-19-6-5-7-20(14-19)17-37-18-27-24(16-28(33)34)23-8-3-4-9-26(23)31-27/h3-14,25,31H,15-18,30H2,1-2H3,(H,33,34)/t25-/m0/s1. The number of aromatic nitrogens is 1. The number of carboxylic acid groups (broad SMARTS) is 1. The number of benzene rings is 3. The summed E-state index contributed by atoms with van der Waals surface area (Å²) < 4.78 is 5.18. The Kier molecular flexibility index (Phi) is 8.53. The Morgan fingerprint density at radius 3 is 2.49 bits per heavy atom. The van der Waals surface area contributed by atoms with E-state index in [4.69, 9.17) is 10.5 Å². The number of H-pyrrole nitrogens is 1. The molecular formula is C29H31N3O4S. The van der Waals surface area contributed by atoms with Crippen molar-refractivity contribution in [3.8, 4) is 5.75 Å². The highest BCUT2D eigenvalue weighted by molar-refractivity contribution is 7.97. The Labute approximate surface area is 220 Å². The molecule has 3 aromatic carbocycles. The van der Waals surface area contributed by atoms with Crippen molar-refractivity contribution in [3.05, 3.63) is 95.2 Å². The summed E-state index contributed by atoms with van der Waals surface area (Å²) in [6.45, 7) is 0. The number of nitrogens with zero attached hydrogens (tertiary/aromatic N) is 1. The summed E-state index contributed by atoms with van der Waals surface area (Å²) >= 11 is 1.71. The van der Waals surface area contributed by atoms with Crippen molar-refractivity contribution in [1.29, 1.82) is 0 Å². The number of amides is 1. The number of carbonyl (C=O) groups is 2. The van der Waals surface area contributed by atoms with Gasteiger partial charge in [0.25, 0.3) is 0 Å². The van der Waals surface area contributed by atoms with Gasteiger partial charge in [0.05, 0.1) is 19.6 Å². The number of fused-ring (bicyclic) bond motifs is 1. The molecule has 1 aromatic heterocycles. The first-order valence-electron chi connectivity index (χ1n) is 12.0. The number of carboxylic acids is 1. The maximum Gasteiger partial charge on any atom is 0.307 e. The van der Waals surface area contributed by atoms with Crippen molar-refractivity contribution in [2.24, 2.45) is 5.73 Å². The van der Waals surface area contributed by atoms with Gasteiger partial charge in [0, 0.05) is 40.8 Å². The van der Waals surface area contributed by atoms with Crippen LogP contribution in [0.5, 0.6) is 5.75 Å². The highest BCUT2D eigenvalue weighted by Crippen LogP contribution is 2.27. The minimum Gasteiger partial charge on any atom is -0.497 e. The maximum atomic E-state index is 12.9. The molecular weight excluding hydrogens is 486 g/mol. The molecule has 1 atom stereocenters. The number of methoxy groups -OCH3 is 1. The van der Waals surface area contributed by atoms with E-state index < -0.39 is 12.0 Å². The summed E-state index contributed by atoms with van der Waals surface area (Å²) in [5.74, 6) is 1.16. The summed E-state index contributed by atoms with van der Waals surface area (Å²) in [7, 11) is 3.32. The number of rotatable bonds is 11. The Hall–Kier alpha value is -3.75. The van der Waals surface area contributed by atoms with E-state index in [9.17, 15) is 14.7 Å². The third-order valence-electron chi connectivity index (χ3n) is 6.30. The highest BCUT2D eigenvalue weighted by Gasteiger charge is 2.20. The molecule has 37 heavy (non-hydrogen) atoms. The van der Waals surface area contributed by atoms with Gasteiger partial charge in [0.1, 0.15) is 5.75 Å². The van der Waals surface area contributed by atoms with E-state index >= 15 is 0 Å². The number of likely N-dealkylation sites (N-methyl/N-ethyl adjacent to an activating group) is 1. The molecule has 8 heteroatoms. The van der Waals surface area contributed by atoms with Crippen LogP contribution in [0.25, 0.3) is 10.9 Å². The van der Waals surface area contributed by atoms with Gasteiger partial charge in [-0.3, -0.25) is 9.59 Å². The Bertz CT molecular complexity index is 1380. The van der Waals surface area contributed by atoms with Crippen LogP contribution < -0.4 is 15.4 Å². The van der Waals surface area contributed by atoms with Crippen LogP contribution >= 0.6 is 11.8 Å². The van der Waals surface area contributed by atoms with E-state index in [-0.39, 0.29) is 12.3 Å².